The molecule has 0 fully saturated rings. The van der Waals surface area contributed by atoms with E-state index in [0.717, 1.165) is 7.11 Å². The molecule has 0 unspecified atom stereocenters. The molecule has 10 heteroatoms. The highest BCUT2D eigenvalue weighted by molar-refractivity contribution is 5.85. The van der Waals surface area contributed by atoms with Crippen molar-refractivity contribution in [3.8, 4) is 0 Å². The van der Waals surface area contributed by atoms with Crippen molar-refractivity contribution in [2.75, 3.05) is 7.11 Å². The fraction of sp³-hybridized carbons (Fsp3) is 0.375. The number of benzene rings is 1. The number of amides is 1. The van der Waals surface area contributed by atoms with E-state index in [4.69, 9.17) is 0 Å². The van der Waals surface area contributed by atoms with E-state index in [-0.39, 0.29) is 12.5 Å². The zero-order valence-electron chi connectivity index (χ0n) is 13.5. The Morgan fingerprint density at radius 2 is 1.62 bits per heavy atom. The number of carbonyl (C=O) groups is 2. The van der Waals surface area contributed by atoms with Gasteiger partial charge in [-0.15, -0.1) is 6.58 Å². The predicted octanol–water partition coefficient (Wildman–Crippen LogP) is 3.50. The van der Waals surface area contributed by atoms with Gasteiger partial charge in [0.05, 0.1) is 24.7 Å². The molecule has 0 radical (unpaired) electrons. The van der Waals surface area contributed by atoms with Gasteiger partial charge in [-0.2, -0.15) is 26.3 Å². The summed E-state index contributed by atoms with van der Waals surface area (Å²) in [5.74, 6) is -1.76. The summed E-state index contributed by atoms with van der Waals surface area (Å²) in [6.45, 7) is 3.38. The van der Waals surface area contributed by atoms with Gasteiger partial charge in [-0.3, -0.25) is 4.79 Å². The fourth-order valence-corrected chi connectivity index (χ4v) is 2.08. The van der Waals surface area contributed by atoms with Crippen LogP contribution in [0.3, 0.4) is 0 Å². The highest BCUT2D eigenvalue weighted by atomic mass is 19.4. The van der Waals surface area contributed by atoms with Crippen LogP contribution in [0.2, 0.25) is 0 Å². The number of esters is 1. The van der Waals surface area contributed by atoms with Gasteiger partial charge in [0.1, 0.15) is 6.04 Å². The number of hydrogen-bond donors (Lipinski definition) is 1. The largest absolute Gasteiger partial charge is 0.467 e. The smallest absolute Gasteiger partial charge is 0.416 e. The number of nitrogens with one attached hydrogen (secondary N) is 1. The van der Waals surface area contributed by atoms with Gasteiger partial charge in [-0.05, 0) is 30.2 Å². The average Bonchev–Trinajstić information content (AvgIpc) is 2.51. The van der Waals surface area contributed by atoms with Gasteiger partial charge in [0.15, 0.2) is 0 Å². The Morgan fingerprint density at radius 3 is 2.00 bits per heavy atom. The summed E-state index contributed by atoms with van der Waals surface area (Å²) in [7, 11) is 1.06. The van der Waals surface area contributed by atoms with Crippen LogP contribution < -0.4 is 5.32 Å². The van der Waals surface area contributed by atoms with Crippen molar-refractivity contribution in [3.63, 3.8) is 0 Å². The first-order valence-electron chi connectivity index (χ1n) is 7.15. The molecule has 1 aromatic carbocycles. The molecule has 0 heterocycles. The van der Waals surface area contributed by atoms with Gasteiger partial charge in [0, 0.05) is 0 Å². The molecule has 1 aromatic rings. The third-order valence-corrected chi connectivity index (χ3v) is 3.24. The van der Waals surface area contributed by atoms with Gasteiger partial charge in [0.25, 0.3) is 0 Å². The van der Waals surface area contributed by atoms with Crippen molar-refractivity contribution >= 4 is 11.9 Å². The Morgan fingerprint density at radius 1 is 1.12 bits per heavy atom. The molecule has 0 aliphatic rings. The summed E-state index contributed by atoms with van der Waals surface area (Å²) in [5.41, 5.74) is -3.54. The van der Waals surface area contributed by atoms with Crippen LogP contribution >= 0.6 is 0 Å². The number of methoxy groups -OCH3 is 1. The molecule has 0 aliphatic carbocycles. The van der Waals surface area contributed by atoms with Crippen molar-refractivity contribution in [1.29, 1.82) is 0 Å². The lowest BCUT2D eigenvalue weighted by Crippen LogP contribution is -2.41. The molecule has 1 amide bonds. The van der Waals surface area contributed by atoms with Crippen molar-refractivity contribution < 1.29 is 40.7 Å². The lowest BCUT2D eigenvalue weighted by Gasteiger charge is -2.16. The Balaban J connectivity index is 3.09. The molecular weight excluding hydrogens is 368 g/mol. The summed E-state index contributed by atoms with van der Waals surface area (Å²) >= 11 is 0. The van der Waals surface area contributed by atoms with Crippen LogP contribution in [0, 0.1) is 0 Å². The quantitative estimate of drug-likeness (QED) is 0.465. The maximum atomic E-state index is 12.8. The van der Waals surface area contributed by atoms with Crippen molar-refractivity contribution in [2.45, 2.75) is 31.2 Å². The van der Waals surface area contributed by atoms with E-state index < -0.39 is 53.4 Å². The van der Waals surface area contributed by atoms with E-state index >= 15 is 0 Å². The molecule has 1 rings (SSSR count). The molecule has 0 saturated carbocycles. The molecule has 0 spiro atoms. The van der Waals surface area contributed by atoms with E-state index in [9.17, 15) is 35.9 Å². The second-order valence-electron chi connectivity index (χ2n) is 5.26. The molecule has 0 saturated heterocycles. The number of hydrogen-bond acceptors (Lipinski definition) is 3. The van der Waals surface area contributed by atoms with Crippen molar-refractivity contribution in [1.82, 2.24) is 5.32 Å². The number of alkyl halides is 6. The summed E-state index contributed by atoms with van der Waals surface area (Å²) in [6.07, 6.45) is -9.52. The molecule has 144 valence electrons. The molecule has 0 bridgehead atoms. The average molecular weight is 383 g/mol. The Hall–Kier alpha value is -2.52. The molecule has 0 aromatic heterocycles. The van der Waals surface area contributed by atoms with E-state index in [1.54, 1.807) is 0 Å². The first kappa shape index (κ1) is 21.5. The van der Waals surface area contributed by atoms with Crippen LogP contribution in [0.5, 0.6) is 0 Å². The predicted molar refractivity (Wildman–Crippen MR) is 78.9 cm³/mol. The number of ether oxygens (including phenoxy) is 1. The summed E-state index contributed by atoms with van der Waals surface area (Å²) in [5, 5.41) is 2.19. The van der Waals surface area contributed by atoms with Gasteiger partial charge in [-0.25, -0.2) is 4.79 Å². The first-order valence-corrected chi connectivity index (χ1v) is 7.15. The van der Waals surface area contributed by atoms with Crippen LogP contribution in [0.1, 0.15) is 23.1 Å². The Bertz CT molecular complexity index is 649. The van der Waals surface area contributed by atoms with Crippen molar-refractivity contribution in [3.05, 3.63) is 47.5 Å². The first-order chi connectivity index (χ1) is 11.9. The maximum absolute atomic E-state index is 12.8. The number of carbonyl (C=O) groups excluding carboxylic acids is 2. The van der Waals surface area contributed by atoms with Crippen LogP contribution in [-0.2, 0) is 33.1 Å². The minimum atomic E-state index is -5.01. The van der Waals surface area contributed by atoms with Gasteiger partial charge in [-0.1, -0.05) is 6.08 Å². The van der Waals surface area contributed by atoms with E-state index in [1.165, 1.54) is 6.08 Å². The van der Waals surface area contributed by atoms with E-state index in [1.807, 2.05) is 0 Å². The van der Waals surface area contributed by atoms with Gasteiger partial charge < -0.3 is 10.1 Å². The topological polar surface area (TPSA) is 55.4 Å². The minimum absolute atomic E-state index is 0.0190. The van der Waals surface area contributed by atoms with Crippen LogP contribution in [0.15, 0.2) is 30.9 Å². The standard InChI is InChI=1S/C16H15F6NO3/c1-3-4-12(14(25)26-2)23-13(24)7-9-5-10(15(17,18)19)8-11(6-9)16(20,21)22/h3,5-6,8,12H,1,4,7H2,2H3,(H,23,24)/t12-/m0/s1. The lowest BCUT2D eigenvalue weighted by molar-refractivity contribution is -0.145. The highest BCUT2D eigenvalue weighted by Crippen LogP contribution is 2.36. The molecule has 1 atom stereocenters. The Labute approximate surface area is 144 Å². The SMILES string of the molecule is C=CC[C@H](NC(=O)Cc1cc(C(F)(F)F)cc(C(F)(F)F)c1)C(=O)OC. The highest BCUT2D eigenvalue weighted by Gasteiger charge is 2.37. The maximum Gasteiger partial charge on any atom is 0.416 e. The van der Waals surface area contributed by atoms with Crippen molar-refractivity contribution in [2.24, 2.45) is 0 Å². The number of rotatable bonds is 6. The minimum Gasteiger partial charge on any atom is -0.467 e. The second-order valence-corrected chi connectivity index (χ2v) is 5.26. The molecular formula is C16H15F6NO3. The van der Waals surface area contributed by atoms with Gasteiger partial charge in [0.2, 0.25) is 5.91 Å². The van der Waals surface area contributed by atoms with Crippen LogP contribution in [0.4, 0.5) is 26.3 Å². The summed E-state index contributed by atoms with van der Waals surface area (Å²) < 4.78 is 81.2. The summed E-state index contributed by atoms with van der Waals surface area (Å²) in [6, 6.07) is -0.265. The number of halogens is 6. The molecule has 1 N–H and O–H groups in total. The third-order valence-electron chi connectivity index (χ3n) is 3.24. The molecule has 26 heavy (non-hydrogen) atoms. The fourth-order valence-electron chi connectivity index (χ4n) is 2.08. The molecule has 4 nitrogen and oxygen atoms in total. The third kappa shape index (κ3) is 6.08. The van der Waals surface area contributed by atoms with Crippen LogP contribution in [-0.4, -0.2) is 25.0 Å². The van der Waals surface area contributed by atoms with E-state index in [2.05, 4.69) is 16.6 Å². The van der Waals surface area contributed by atoms with Crippen LogP contribution in [0.25, 0.3) is 0 Å². The molecule has 0 aliphatic heterocycles. The Kier molecular flexibility index (Phi) is 6.82. The zero-order chi connectivity index (χ0) is 20.1. The normalized spacial score (nSPS) is 13.0. The monoisotopic (exact) mass is 383 g/mol. The van der Waals surface area contributed by atoms with E-state index in [0.29, 0.717) is 12.1 Å². The second kappa shape index (κ2) is 8.24. The van der Waals surface area contributed by atoms with Gasteiger partial charge >= 0.3 is 18.3 Å². The lowest BCUT2D eigenvalue weighted by atomic mass is 10.0. The summed E-state index contributed by atoms with van der Waals surface area (Å²) in [4.78, 5) is 23.4. The zero-order valence-corrected chi connectivity index (χ0v) is 13.5.